The molecule has 2 aliphatic rings. The smallest absolute Gasteiger partial charge is 0.375 e. The highest BCUT2D eigenvalue weighted by Gasteiger charge is 2.44. The summed E-state index contributed by atoms with van der Waals surface area (Å²) in [5.74, 6) is 0. The van der Waals surface area contributed by atoms with Crippen molar-refractivity contribution in [2.75, 3.05) is 19.7 Å². The van der Waals surface area contributed by atoms with Crippen molar-refractivity contribution in [3.05, 3.63) is 0 Å². The summed E-state index contributed by atoms with van der Waals surface area (Å²) in [5.41, 5.74) is 0. The fourth-order valence-corrected chi connectivity index (χ4v) is 2.38. The monoisotopic (exact) mass is 273 g/mol. The van der Waals surface area contributed by atoms with E-state index < -0.39 is 11.0 Å². The van der Waals surface area contributed by atoms with Gasteiger partial charge in [-0.15, -0.1) is 0 Å². The standard InChI is InChI=1S/C8H11BrF3NO/c9-7(8(10,11)12)3-13-2-6-1-5(13)4-14-6/h5-7H,1-4H2. The topological polar surface area (TPSA) is 12.5 Å². The summed E-state index contributed by atoms with van der Waals surface area (Å²) in [6, 6.07) is 0.197. The lowest BCUT2D eigenvalue weighted by atomic mass is 10.2. The van der Waals surface area contributed by atoms with Gasteiger partial charge in [-0.2, -0.15) is 13.2 Å². The first-order valence-corrected chi connectivity index (χ1v) is 5.45. The maximum Gasteiger partial charge on any atom is 0.402 e. The number of halogens is 4. The maximum absolute atomic E-state index is 12.2. The fourth-order valence-electron chi connectivity index (χ4n) is 2.01. The zero-order valence-electron chi connectivity index (χ0n) is 7.43. The van der Waals surface area contributed by atoms with Gasteiger partial charge in [-0.05, 0) is 6.42 Å². The predicted octanol–water partition coefficient (Wildman–Crippen LogP) is 1.79. The average molecular weight is 274 g/mol. The van der Waals surface area contributed by atoms with Crippen molar-refractivity contribution in [1.29, 1.82) is 0 Å². The van der Waals surface area contributed by atoms with E-state index in [2.05, 4.69) is 15.9 Å². The third kappa shape index (κ3) is 2.06. The van der Waals surface area contributed by atoms with E-state index in [9.17, 15) is 13.2 Å². The SMILES string of the molecule is FC(F)(F)C(Br)CN1CC2CC1CO2. The van der Waals surface area contributed by atoms with Crippen LogP contribution in [-0.4, -0.2) is 47.7 Å². The van der Waals surface area contributed by atoms with E-state index >= 15 is 0 Å². The van der Waals surface area contributed by atoms with Gasteiger partial charge < -0.3 is 4.74 Å². The molecule has 2 bridgehead atoms. The summed E-state index contributed by atoms with van der Waals surface area (Å²) >= 11 is 2.67. The minimum Gasteiger partial charge on any atom is -0.375 e. The molecule has 3 atom stereocenters. The Kier molecular flexibility index (Phi) is 2.79. The average Bonchev–Trinajstić information content (AvgIpc) is 2.62. The molecule has 0 aromatic heterocycles. The van der Waals surface area contributed by atoms with Crippen molar-refractivity contribution < 1.29 is 17.9 Å². The Hall–Kier alpha value is 0.190. The molecule has 2 fully saturated rings. The number of ether oxygens (including phenoxy) is 1. The third-order valence-electron chi connectivity index (χ3n) is 2.76. The van der Waals surface area contributed by atoms with Gasteiger partial charge in [0.2, 0.25) is 0 Å². The number of hydrogen-bond acceptors (Lipinski definition) is 2. The predicted molar refractivity (Wildman–Crippen MR) is 48.5 cm³/mol. The highest BCUT2D eigenvalue weighted by atomic mass is 79.9. The van der Waals surface area contributed by atoms with Crippen molar-refractivity contribution in [3.8, 4) is 0 Å². The lowest BCUT2D eigenvalue weighted by Crippen LogP contribution is -2.43. The summed E-state index contributed by atoms with van der Waals surface area (Å²) in [6.07, 6.45) is -3.10. The van der Waals surface area contributed by atoms with Crippen LogP contribution in [0.2, 0.25) is 0 Å². The molecule has 14 heavy (non-hydrogen) atoms. The summed E-state index contributed by atoms with van der Waals surface area (Å²) in [6.45, 7) is 1.26. The first-order chi connectivity index (χ1) is 6.47. The number of nitrogens with zero attached hydrogens (tertiary/aromatic N) is 1. The summed E-state index contributed by atoms with van der Waals surface area (Å²) in [5, 5.41) is 0. The second-order valence-electron chi connectivity index (χ2n) is 3.81. The molecule has 6 heteroatoms. The van der Waals surface area contributed by atoms with Gasteiger partial charge in [0.15, 0.2) is 0 Å². The quantitative estimate of drug-likeness (QED) is 0.712. The van der Waals surface area contributed by atoms with Gasteiger partial charge in [-0.25, -0.2) is 0 Å². The number of morpholine rings is 1. The zero-order chi connectivity index (χ0) is 10.3. The molecule has 3 unspecified atom stereocenters. The second-order valence-corrected chi connectivity index (χ2v) is 4.91. The maximum atomic E-state index is 12.2. The zero-order valence-corrected chi connectivity index (χ0v) is 9.01. The molecule has 0 radical (unpaired) electrons. The van der Waals surface area contributed by atoms with Gasteiger partial charge in [0.1, 0.15) is 4.83 Å². The van der Waals surface area contributed by atoms with Crippen LogP contribution in [0.4, 0.5) is 13.2 Å². The van der Waals surface area contributed by atoms with Crippen LogP contribution in [0.1, 0.15) is 6.42 Å². The van der Waals surface area contributed by atoms with Crippen LogP contribution >= 0.6 is 15.9 Å². The van der Waals surface area contributed by atoms with Gasteiger partial charge in [-0.1, -0.05) is 15.9 Å². The van der Waals surface area contributed by atoms with E-state index in [0.717, 1.165) is 6.42 Å². The number of hydrogen-bond donors (Lipinski definition) is 0. The van der Waals surface area contributed by atoms with E-state index in [4.69, 9.17) is 4.74 Å². The summed E-state index contributed by atoms with van der Waals surface area (Å²) in [4.78, 5) is 0.440. The highest BCUT2D eigenvalue weighted by molar-refractivity contribution is 9.09. The van der Waals surface area contributed by atoms with Crippen LogP contribution in [0.3, 0.4) is 0 Å². The Morgan fingerprint density at radius 2 is 2.21 bits per heavy atom. The molecule has 2 aliphatic heterocycles. The van der Waals surface area contributed by atoms with Crippen molar-refractivity contribution in [1.82, 2.24) is 4.90 Å². The molecule has 0 amide bonds. The number of likely N-dealkylation sites (tertiary alicyclic amines) is 1. The normalized spacial score (nSPS) is 35.1. The van der Waals surface area contributed by atoms with Crippen molar-refractivity contribution in [2.24, 2.45) is 0 Å². The molecule has 2 heterocycles. The number of fused-ring (bicyclic) bond motifs is 2. The third-order valence-corrected chi connectivity index (χ3v) is 3.57. The number of alkyl halides is 4. The fraction of sp³-hybridized carbons (Fsp3) is 1.00. The van der Waals surface area contributed by atoms with E-state index in [-0.39, 0.29) is 18.7 Å². The van der Waals surface area contributed by atoms with Gasteiger partial charge in [0.05, 0.1) is 12.7 Å². The lowest BCUT2D eigenvalue weighted by Gasteiger charge is -2.29. The Morgan fingerprint density at radius 3 is 2.64 bits per heavy atom. The van der Waals surface area contributed by atoms with Crippen LogP contribution < -0.4 is 0 Å². The first-order valence-electron chi connectivity index (χ1n) is 4.53. The van der Waals surface area contributed by atoms with Crippen LogP contribution in [0, 0.1) is 0 Å². The minimum absolute atomic E-state index is 0.0357. The molecule has 0 N–H and O–H groups in total. The molecule has 2 nitrogen and oxygen atoms in total. The second kappa shape index (κ2) is 3.64. The molecule has 0 aromatic rings. The largest absolute Gasteiger partial charge is 0.402 e. The van der Waals surface area contributed by atoms with E-state index in [1.807, 2.05) is 4.90 Å². The van der Waals surface area contributed by atoms with E-state index in [0.29, 0.717) is 13.2 Å². The van der Waals surface area contributed by atoms with Crippen LogP contribution in [0.15, 0.2) is 0 Å². The van der Waals surface area contributed by atoms with Crippen molar-refractivity contribution >= 4 is 15.9 Å². The molecule has 2 saturated heterocycles. The summed E-state index contributed by atoms with van der Waals surface area (Å²) < 4.78 is 42.0. The van der Waals surface area contributed by atoms with Gasteiger partial charge in [-0.3, -0.25) is 4.90 Å². The van der Waals surface area contributed by atoms with Crippen molar-refractivity contribution in [3.63, 3.8) is 0 Å². The molecule has 2 rings (SSSR count). The highest BCUT2D eigenvalue weighted by Crippen LogP contribution is 2.32. The number of rotatable bonds is 2. The Labute approximate surface area is 88.5 Å². The Balaban J connectivity index is 1.87. The first kappa shape index (κ1) is 10.7. The van der Waals surface area contributed by atoms with Gasteiger partial charge in [0.25, 0.3) is 0 Å². The van der Waals surface area contributed by atoms with Crippen LogP contribution in [-0.2, 0) is 4.74 Å². The Bertz CT molecular complexity index is 223. The lowest BCUT2D eigenvalue weighted by molar-refractivity contribution is -0.132. The van der Waals surface area contributed by atoms with E-state index in [1.165, 1.54) is 0 Å². The molecule has 0 spiro atoms. The van der Waals surface area contributed by atoms with Gasteiger partial charge in [0, 0.05) is 19.1 Å². The van der Waals surface area contributed by atoms with E-state index in [1.54, 1.807) is 0 Å². The molecule has 82 valence electrons. The van der Waals surface area contributed by atoms with Gasteiger partial charge >= 0.3 is 6.18 Å². The Morgan fingerprint density at radius 1 is 1.50 bits per heavy atom. The molecular formula is C8H11BrF3NO. The molecule has 0 aliphatic carbocycles. The van der Waals surface area contributed by atoms with Crippen LogP contribution in [0.5, 0.6) is 0 Å². The minimum atomic E-state index is -4.15. The molecule has 0 aromatic carbocycles. The van der Waals surface area contributed by atoms with Crippen LogP contribution in [0.25, 0.3) is 0 Å². The molecular weight excluding hydrogens is 263 g/mol. The summed E-state index contributed by atoms with van der Waals surface area (Å²) in [7, 11) is 0. The molecule has 0 saturated carbocycles. The van der Waals surface area contributed by atoms with Crippen molar-refractivity contribution in [2.45, 2.75) is 29.6 Å².